The summed E-state index contributed by atoms with van der Waals surface area (Å²) in [6, 6.07) is 2.57. The van der Waals surface area contributed by atoms with Crippen LogP contribution >= 0.6 is 15.9 Å². The predicted octanol–water partition coefficient (Wildman–Crippen LogP) is 3.00. The molecule has 1 amide bonds. The summed E-state index contributed by atoms with van der Waals surface area (Å²) in [6.45, 7) is 5.67. The molecule has 1 aliphatic rings. The monoisotopic (exact) mass is 341 g/mol. The first kappa shape index (κ1) is 15.6. The lowest BCUT2D eigenvalue weighted by Crippen LogP contribution is -2.44. The molecule has 0 unspecified atom stereocenters. The quantitative estimate of drug-likeness (QED) is 0.915. The number of hydrogen-bond donors (Lipinski definition) is 1. The van der Waals surface area contributed by atoms with Crippen LogP contribution in [0.25, 0.3) is 0 Å². The van der Waals surface area contributed by atoms with Crippen LogP contribution in [-0.2, 0) is 6.54 Å². The molecule has 0 saturated heterocycles. The van der Waals surface area contributed by atoms with E-state index in [4.69, 9.17) is 5.73 Å². The van der Waals surface area contributed by atoms with E-state index in [9.17, 15) is 4.79 Å². The normalized spacial score (nSPS) is 22.8. The molecule has 1 aliphatic carbocycles. The third-order valence-electron chi connectivity index (χ3n) is 4.21. The van der Waals surface area contributed by atoms with Crippen LogP contribution in [-0.4, -0.2) is 34.0 Å². The third-order valence-corrected chi connectivity index (χ3v) is 4.64. The van der Waals surface area contributed by atoms with Gasteiger partial charge in [0.05, 0.1) is 0 Å². The Kier molecular flexibility index (Phi) is 5.27. The molecule has 4 nitrogen and oxygen atoms in total. The predicted molar refractivity (Wildman–Crippen MR) is 84.7 cm³/mol. The number of nitrogens with two attached hydrogens (primary N) is 1. The van der Waals surface area contributed by atoms with Crippen molar-refractivity contribution in [1.82, 2.24) is 9.47 Å². The van der Waals surface area contributed by atoms with Crippen LogP contribution in [0, 0.1) is 0 Å². The Morgan fingerprint density at radius 1 is 1.40 bits per heavy atom. The summed E-state index contributed by atoms with van der Waals surface area (Å²) in [4.78, 5) is 14.8. The van der Waals surface area contributed by atoms with Crippen LogP contribution in [0.4, 0.5) is 0 Å². The van der Waals surface area contributed by atoms with E-state index in [-0.39, 0.29) is 5.91 Å². The number of amides is 1. The molecule has 0 bridgehead atoms. The van der Waals surface area contributed by atoms with Gasteiger partial charge in [0.2, 0.25) is 0 Å². The summed E-state index contributed by atoms with van der Waals surface area (Å²) in [5.41, 5.74) is 6.74. The van der Waals surface area contributed by atoms with Crippen molar-refractivity contribution in [3.8, 4) is 0 Å². The number of aromatic nitrogens is 1. The molecule has 1 heterocycles. The summed E-state index contributed by atoms with van der Waals surface area (Å²) in [6.07, 6.45) is 6.06. The number of aryl methyl sites for hydroxylation is 1. The highest BCUT2D eigenvalue weighted by Crippen LogP contribution is 2.25. The van der Waals surface area contributed by atoms with Gasteiger partial charge in [0.25, 0.3) is 5.91 Å². The minimum Gasteiger partial charge on any atom is -0.343 e. The van der Waals surface area contributed by atoms with Crippen LogP contribution in [0.3, 0.4) is 0 Å². The SMILES string of the molecule is CCN(C(=O)c1cc(Br)cn1CC)C1CCC(N)CC1. The third kappa shape index (κ3) is 3.26. The fourth-order valence-corrected chi connectivity index (χ4v) is 3.51. The second-order valence-electron chi connectivity index (χ2n) is 5.49. The minimum atomic E-state index is 0.139. The van der Waals surface area contributed by atoms with E-state index in [0.29, 0.717) is 12.1 Å². The van der Waals surface area contributed by atoms with E-state index in [0.717, 1.165) is 48.9 Å². The van der Waals surface area contributed by atoms with Crippen molar-refractivity contribution >= 4 is 21.8 Å². The molecule has 0 spiro atoms. The zero-order valence-corrected chi connectivity index (χ0v) is 13.9. The van der Waals surface area contributed by atoms with Crippen LogP contribution in [0.2, 0.25) is 0 Å². The van der Waals surface area contributed by atoms with Gasteiger partial charge in [0.15, 0.2) is 0 Å². The minimum absolute atomic E-state index is 0.139. The van der Waals surface area contributed by atoms with Gasteiger partial charge >= 0.3 is 0 Å². The number of carbonyl (C=O) groups is 1. The molecule has 0 aliphatic heterocycles. The van der Waals surface area contributed by atoms with Crippen LogP contribution in [0.1, 0.15) is 50.0 Å². The molecule has 5 heteroatoms. The molecular weight excluding hydrogens is 318 g/mol. The summed E-state index contributed by atoms with van der Waals surface area (Å²) < 4.78 is 2.97. The van der Waals surface area contributed by atoms with E-state index in [2.05, 4.69) is 29.8 Å². The van der Waals surface area contributed by atoms with Gasteiger partial charge in [-0.05, 0) is 61.5 Å². The molecule has 1 aromatic rings. The number of carbonyl (C=O) groups excluding carboxylic acids is 1. The highest BCUT2D eigenvalue weighted by Gasteiger charge is 2.28. The second-order valence-corrected chi connectivity index (χ2v) is 6.41. The Hall–Kier alpha value is -0.810. The van der Waals surface area contributed by atoms with E-state index >= 15 is 0 Å². The van der Waals surface area contributed by atoms with Gasteiger partial charge in [-0.25, -0.2) is 0 Å². The maximum atomic E-state index is 12.8. The molecule has 0 atom stereocenters. The summed E-state index contributed by atoms with van der Waals surface area (Å²) >= 11 is 3.46. The molecule has 1 fully saturated rings. The molecule has 2 rings (SSSR count). The van der Waals surface area contributed by atoms with Gasteiger partial charge in [-0.3, -0.25) is 4.79 Å². The standard InChI is InChI=1S/C15H24BrN3O/c1-3-18-10-11(16)9-14(18)15(20)19(4-2)13-7-5-12(17)6-8-13/h9-10,12-13H,3-8,17H2,1-2H3. The van der Waals surface area contributed by atoms with Gasteiger partial charge in [0, 0.05) is 35.8 Å². The first-order chi connectivity index (χ1) is 9.56. The van der Waals surface area contributed by atoms with E-state index in [1.54, 1.807) is 0 Å². The maximum absolute atomic E-state index is 12.8. The van der Waals surface area contributed by atoms with Gasteiger partial charge in [-0.15, -0.1) is 0 Å². The lowest BCUT2D eigenvalue weighted by atomic mass is 9.90. The lowest BCUT2D eigenvalue weighted by Gasteiger charge is -2.35. The molecule has 112 valence electrons. The average Bonchev–Trinajstić information content (AvgIpc) is 2.82. The van der Waals surface area contributed by atoms with Gasteiger partial charge in [-0.2, -0.15) is 0 Å². The van der Waals surface area contributed by atoms with Crippen LogP contribution < -0.4 is 5.73 Å². The van der Waals surface area contributed by atoms with Crippen LogP contribution in [0.5, 0.6) is 0 Å². The van der Waals surface area contributed by atoms with E-state index in [1.165, 1.54) is 0 Å². The molecule has 0 aromatic carbocycles. The Labute approximate surface area is 129 Å². The maximum Gasteiger partial charge on any atom is 0.270 e. The Balaban J connectivity index is 2.16. The van der Waals surface area contributed by atoms with E-state index < -0.39 is 0 Å². The zero-order valence-electron chi connectivity index (χ0n) is 12.3. The summed E-state index contributed by atoms with van der Waals surface area (Å²) in [5.74, 6) is 0.139. The fraction of sp³-hybridized carbons (Fsp3) is 0.667. The van der Waals surface area contributed by atoms with Crippen LogP contribution in [0.15, 0.2) is 16.7 Å². The molecular formula is C15H24BrN3O. The van der Waals surface area contributed by atoms with Crippen molar-refractivity contribution in [2.75, 3.05) is 6.54 Å². The second kappa shape index (κ2) is 6.76. The molecule has 0 radical (unpaired) electrons. The van der Waals surface area contributed by atoms with E-state index in [1.807, 2.05) is 21.7 Å². The van der Waals surface area contributed by atoms with Crippen molar-refractivity contribution < 1.29 is 4.79 Å². The van der Waals surface area contributed by atoms with Gasteiger partial charge in [0.1, 0.15) is 5.69 Å². The summed E-state index contributed by atoms with van der Waals surface area (Å²) in [7, 11) is 0. The fourth-order valence-electron chi connectivity index (χ4n) is 3.04. The smallest absolute Gasteiger partial charge is 0.270 e. The highest BCUT2D eigenvalue weighted by molar-refractivity contribution is 9.10. The molecule has 1 saturated carbocycles. The van der Waals surface area contributed by atoms with Crippen molar-refractivity contribution in [1.29, 1.82) is 0 Å². The van der Waals surface area contributed by atoms with Crippen molar-refractivity contribution in [2.45, 2.75) is 58.2 Å². The Bertz CT molecular complexity index is 464. The topological polar surface area (TPSA) is 51.3 Å². The van der Waals surface area contributed by atoms with Gasteiger partial charge < -0.3 is 15.2 Å². The molecule has 20 heavy (non-hydrogen) atoms. The number of nitrogens with zero attached hydrogens (tertiary/aromatic N) is 2. The average molecular weight is 342 g/mol. The first-order valence-corrected chi connectivity index (χ1v) is 8.28. The Morgan fingerprint density at radius 2 is 2.05 bits per heavy atom. The molecule has 2 N–H and O–H groups in total. The highest BCUT2D eigenvalue weighted by atomic mass is 79.9. The number of rotatable bonds is 4. The number of halogens is 1. The van der Waals surface area contributed by atoms with Crippen molar-refractivity contribution in [2.24, 2.45) is 5.73 Å². The number of hydrogen-bond acceptors (Lipinski definition) is 2. The first-order valence-electron chi connectivity index (χ1n) is 7.49. The largest absolute Gasteiger partial charge is 0.343 e. The lowest BCUT2D eigenvalue weighted by molar-refractivity contribution is 0.0630. The van der Waals surface area contributed by atoms with Gasteiger partial charge in [-0.1, -0.05) is 0 Å². The Morgan fingerprint density at radius 3 is 2.60 bits per heavy atom. The zero-order chi connectivity index (χ0) is 14.7. The van der Waals surface area contributed by atoms with Crippen molar-refractivity contribution in [3.05, 3.63) is 22.4 Å². The van der Waals surface area contributed by atoms with Crippen molar-refractivity contribution in [3.63, 3.8) is 0 Å². The summed E-state index contributed by atoms with van der Waals surface area (Å²) in [5, 5.41) is 0. The molecule has 1 aromatic heterocycles.